The van der Waals surface area contributed by atoms with E-state index in [0.29, 0.717) is 23.5 Å². The largest absolute Gasteiger partial charge is 0.350 e. The predicted octanol–water partition coefficient (Wildman–Crippen LogP) is 3.67. The molecule has 1 amide bonds. The van der Waals surface area contributed by atoms with Crippen LogP contribution >= 0.6 is 0 Å². The molecule has 1 aliphatic heterocycles. The van der Waals surface area contributed by atoms with Crippen LogP contribution < -0.4 is 5.32 Å². The highest BCUT2D eigenvalue weighted by Gasteiger charge is 2.26. The third-order valence-electron chi connectivity index (χ3n) is 5.03. The van der Waals surface area contributed by atoms with Crippen molar-refractivity contribution in [2.24, 2.45) is 0 Å². The Bertz CT molecular complexity index is 884. The fraction of sp³-hybridized carbons (Fsp3) is 0.381. The number of carbonyl (C=O) groups is 1. The van der Waals surface area contributed by atoms with Crippen LogP contribution in [0.5, 0.6) is 0 Å². The van der Waals surface area contributed by atoms with E-state index in [4.69, 9.17) is 0 Å². The van der Waals surface area contributed by atoms with Crippen LogP contribution in [0.25, 0.3) is 11.1 Å². The van der Waals surface area contributed by atoms with Gasteiger partial charge in [-0.3, -0.25) is 4.79 Å². The minimum atomic E-state index is -3.39. The highest BCUT2D eigenvalue weighted by Crippen LogP contribution is 2.25. The smallest absolute Gasteiger partial charge is 0.251 e. The number of rotatable bonds is 6. The predicted molar refractivity (Wildman–Crippen MR) is 107 cm³/mol. The summed E-state index contributed by atoms with van der Waals surface area (Å²) in [6, 6.07) is 14.4. The van der Waals surface area contributed by atoms with Crippen molar-refractivity contribution in [3.05, 3.63) is 54.1 Å². The SMILES string of the molecule is CC[C@@H](C)NC(=O)c1ccc(-c2ccc(S(=O)(=O)N3CCCC3)cc2)cc1. The van der Waals surface area contributed by atoms with Gasteiger partial charge in [0, 0.05) is 24.7 Å². The topological polar surface area (TPSA) is 66.5 Å². The molecule has 0 radical (unpaired) electrons. The van der Waals surface area contributed by atoms with E-state index in [9.17, 15) is 13.2 Å². The molecule has 0 unspecified atom stereocenters. The van der Waals surface area contributed by atoms with Crippen LogP contribution in [0.1, 0.15) is 43.5 Å². The zero-order chi connectivity index (χ0) is 19.4. The van der Waals surface area contributed by atoms with E-state index in [-0.39, 0.29) is 11.9 Å². The summed E-state index contributed by atoms with van der Waals surface area (Å²) in [6.45, 7) is 5.21. The molecular formula is C21H26N2O3S. The number of nitrogens with zero attached hydrogens (tertiary/aromatic N) is 1. The van der Waals surface area contributed by atoms with Crippen molar-refractivity contribution in [3.8, 4) is 11.1 Å². The molecule has 3 rings (SSSR count). The summed E-state index contributed by atoms with van der Waals surface area (Å²) >= 11 is 0. The molecular weight excluding hydrogens is 360 g/mol. The van der Waals surface area contributed by atoms with Gasteiger partial charge in [0.2, 0.25) is 10.0 Å². The number of hydrogen-bond acceptors (Lipinski definition) is 3. The minimum Gasteiger partial charge on any atom is -0.350 e. The van der Waals surface area contributed by atoms with E-state index in [1.807, 2.05) is 38.1 Å². The molecule has 5 nitrogen and oxygen atoms in total. The number of sulfonamides is 1. The molecule has 6 heteroatoms. The van der Waals surface area contributed by atoms with Gasteiger partial charge in [0.15, 0.2) is 0 Å². The third kappa shape index (κ3) is 4.39. The fourth-order valence-corrected chi connectivity index (χ4v) is 4.64. The van der Waals surface area contributed by atoms with Gasteiger partial charge in [-0.2, -0.15) is 4.31 Å². The minimum absolute atomic E-state index is 0.0806. The van der Waals surface area contributed by atoms with Gasteiger partial charge in [0.05, 0.1) is 4.90 Å². The van der Waals surface area contributed by atoms with E-state index in [0.717, 1.165) is 30.4 Å². The van der Waals surface area contributed by atoms with Crippen LogP contribution in [-0.4, -0.2) is 37.8 Å². The lowest BCUT2D eigenvalue weighted by atomic mass is 10.0. The lowest BCUT2D eigenvalue weighted by Crippen LogP contribution is -2.31. The van der Waals surface area contributed by atoms with Crippen molar-refractivity contribution in [2.45, 2.75) is 44.0 Å². The summed E-state index contributed by atoms with van der Waals surface area (Å²) in [5.41, 5.74) is 2.48. The normalized spacial score (nSPS) is 16.2. The van der Waals surface area contributed by atoms with Crippen molar-refractivity contribution >= 4 is 15.9 Å². The first-order valence-electron chi connectivity index (χ1n) is 9.43. The number of amides is 1. The summed E-state index contributed by atoms with van der Waals surface area (Å²) in [6.07, 6.45) is 2.74. The van der Waals surface area contributed by atoms with Crippen molar-refractivity contribution in [1.29, 1.82) is 0 Å². The molecule has 1 heterocycles. The molecule has 1 atom stereocenters. The first kappa shape index (κ1) is 19.6. The zero-order valence-corrected chi connectivity index (χ0v) is 16.6. The van der Waals surface area contributed by atoms with Gasteiger partial charge in [0.25, 0.3) is 5.91 Å². The first-order chi connectivity index (χ1) is 12.9. The van der Waals surface area contributed by atoms with Gasteiger partial charge in [-0.15, -0.1) is 0 Å². The number of hydrogen-bond donors (Lipinski definition) is 1. The van der Waals surface area contributed by atoms with Crippen LogP contribution in [0.15, 0.2) is 53.4 Å². The summed E-state index contributed by atoms with van der Waals surface area (Å²) in [7, 11) is -3.39. The van der Waals surface area contributed by atoms with Crippen LogP contribution in [-0.2, 0) is 10.0 Å². The van der Waals surface area contributed by atoms with E-state index in [2.05, 4.69) is 5.32 Å². The summed E-state index contributed by atoms with van der Waals surface area (Å²) in [4.78, 5) is 12.5. The molecule has 1 fully saturated rings. The van der Waals surface area contributed by atoms with Gasteiger partial charge in [-0.25, -0.2) is 8.42 Å². The van der Waals surface area contributed by atoms with Crippen LogP contribution in [0.2, 0.25) is 0 Å². The summed E-state index contributed by atoms with van der Waals surface area (Å²) in [5, 5.41) is 2.95. The van der Waals surface area contributed by atoms with Gasteiger partial charge in [-0.05, 0) is 61.6 Å². The average Bonchev–Trinajstić information content (AvgIpc) is 3.24. The Morgan fingerprint density at radius 3 is 2.04 bits per heavy atom. The standard InChI is InChI=1S/C21H26N2O3S/c1-3-16(2)22-21(24)19-8-6-17(7-9-19)18-10-12-20(13-11-18)27(25,26)23-14-4-5-15-23/h6-13,16H,3-5,14-15H2,1-2H3,(H,22,24)/t16-/m1/s1. The summed E-state index contributed by atoms with van der Waals surface area (Å²) < 4.78 is 26.7. The highest BCUT2D eigenvalue weighted by atomic mass is 32.2. The van der Waals surface area contributed by atoms with Crippen molar-refractivity contribution in [3.63, 3.8) is 0 Å². The van der Waals surface area contributed by atoms with E-state index in [1.54, 1.807) is 28.6 Å². The molecule has 27 heavy (non-hydrogen) atoms. The number of benzene rings is 2. The molecule has 2 aromatic rings. The first-order valence-corrected chi connectivity index (χ1v) is 10.9. The third-order valence-corrected chi connectivity index (χ3v) is 6.94. The van der Waals surface area contributed by atoms with Gasteiger partial charge in [-0.1, -0.05) is 31.2 Å². The second kappa shape index (κ2) is 8.23. The average molecular weight is 387 g/mol. The van der Waals surface area contributed by atoms with Gasteiger partial charge < -0.3 is 5.32 Å². The fourth-order valence-electron chi connectivity index (χ4n) is 3.12. The Morgan fingerprint density at radius 2 is 1.52 bits per heavy atom. The van der Waals surface area contributed by atoms with Gasteiger partial charge in [0.1, 0.15) is 0 Å². The molecule has 0 aliphatic carbocycles. The molecule has 2 aromatic carbocycles. The second-order valence-corrected chi connectivity index (χ2v) is 8.93. The molecule has 0 saturated carbocycles. The Morgan fingerprint density at radius 1 is 1.00 bits per heavy atom. The van der Waals surface area contributed by atoms with E-state index >= 15 is 0 Å². The molecule has 0 spiro atoms. The maximum Gasteiger partial charge on any atom is 0.251 e. The molecule has 1 N–H and O–H groups in total. The molecule has 0 bridgehead atoms. The van der Waals surface area contributed by atoms with Crippen molar-refractivity contribution in [1.82, 2.24) is 9.62 Å². The molecule has 1 saturated heterocycles. The van der Waals surface area contributed by atoms with Crippen LogP contribution in [0, 0.1) is 0 Å². The Hall–Kier alpha value is -2.18. The lowest BCUT2D eigenvalue weighted by Gasteiger charge is -2.15. The Kier molecular flexibility index (Phi) is 5.97. The van der Waals surface area contributed by atoms with Crippen LogP contribution in [0.3, 0.4) is 0 Å². The molecule has 144 valence electrons. The van der Waals surface area contributed by atoms with E-state index in [1.165, 1.54) is 0 Å². The molecule has 0 aromatic heterocycles. The van der Waals surface area contributed by atoms with Crippen molar-refractivity contribution < 1.29 is 13.2 Å². The zero-order valence-electron chi connectivity index (χ0n) is 15.8. The number of nitrogens with one attached hydrogen (secondary N) is 1. The summed E-state index contributed by atoms with van der Waals surface area (Å²) in [5.74, 6) is -0.0806. The van der Waals surface area contributed by atoms with E-state index < -0.39 is 10.0 Å². The van der Waals surface area contributed by atoms with Crippen LogP contribution in [0.4, 0.5) is 0 Å². The van der Waals surface area contributed by atoms with Crippen molar-refractivity contribution in [2.75, 3.05) is 13.1 Å². The Labute approximate surface area is 161 Å². The lowest BCUT2D eigenvalue weighted by molar-refractivity contribution is 0.0939. The number of carbonyl (C=O) groups excluding carboxylic acids is 1. The molecule has 1 aliphatic rings. The maximum absolute atomic E-state index is 12.6. The maximum atomic E-state index is 12.6. The Balaban J connectivity index is 1.74. The monoisotopic (exact) mass is 386 g/mol. The van der Waals surface area contributed by atoms with Gasteiger partial charge >= 0.3 is 0 Å². The quantitative estimate of drug-likeness (QED) is 0.824. The highest BCUT2D eigenvalue weighted by molar-refractivity contribution is 7.89. The second-order valence-electron chi connectivity index (χ2n) is 7.00.